The van der Waals surface area contributed by atoms with Crippen LogP contribution in [0.15, 0.2) is 18.2 Å². The molecule has 0 aromatic heterocycles. The summed E-state index contributed by atoms with van der Waals surface area (Å²) in [5, 5.41) is 0.732. The van der Waals surface area contributed by atoms with Crippen LogP contribution in [0, 0.1) is 5.92 Å². The third-order valence-electron chi connectivity index (χ3n) is 2.01. The topological polar surface area (TPSA) is 35.2 Å². The van der Waals surface area contributed by atoms with E-state index in [4.69, 9.17) is 22.1 Å². The normalized spacial score (nSPS) is 10.7. The number of rotatable bonds is 5. The van der Waals surface area contributed by atoms with Gasteiger partial charge in [-0.05, 0) is 42.6 Å². The number of nitrogens with two attached hydrogens (primary N) is 1. The predicted molar refractivity (Wildman–Crippen MR) is 64.5 cm³/mol. The van der Waals surface area contributed by atoms with Gasteiger partial charge in [-0.3, -0.25) is 0 Å². The van der Waals surface area contributed by atoms with Crippen LogP contribution >= 0.6 is 11.6 Å². The van der Waals surface area contributed by atoms with Gasteiger partial charge in [-0.2, -0.15) is 0 Å². The fourth-order valence-corrected chi connectivity index (χ4v) is 1.49. The van der Waals surface area contributed by atoms with Crippen LogP contribution < -0.4 is 10.5 Å². The third kappa shape index (κ3) is 4.10. The highest BCUT2D eigenvalue weighted by Crippen LogP contribution is 2.23. The standard InChI is InChI=1S/C12H18ClNO/c1-9(2)8-15-12-4-3-11(13)7-10(12)5-6-14/h3-4,7,9H,5-6,8,14H2,1-2H3. The second kappa shape index (κ2) is 5.99. The number of benzene rings is 1. The van der Waals surface area contributed by atoms with Crippen molar-refractivity contribution < 1.29 is 4.74 Å². The van der Waals surface area contributed by atoms with Crippen molar-refractivity contribution in [1.29, 1.82) is 0 Å². The maximum atomic E-state index is 5.92. The summed E-state index contributed by atoms with van der Waals surface area (Å²) in [5.74, 6) is 1.42. The summed E-state index contributed by atoms with van der Waals surface area (Å²) in [6.07, 6.45) is 0.800. The second-order valence-electron chi connectivity index (χ2n) is 4.00. The molecule has 0 fully saturated rings. The van der Waals surface area contributed by atoms with Crippen LogP contribution in [-0.4, -0.2) is 13.2 Å². The van der Waals surface area contributed by atoms with Gasteiger partial charge in [0.25, 0.3) is 0 Å². The first-order valence-corrected chi connectivity index (χ1v) is 5.62. The smallest absolute Gasteiger partial charge is 0.122 e. The van der Waals surface area contributed by atoms with Crippen molar-refractivity contribution in [3.8, 4) is 5.75 Å². The highest BCUT2D eigenvalue weighted by molar-refractivity contribution is 6.30. The Bertz CT molecular complexity index is 312. The lowest BCUT2D eigenvalue weighted by Gasteiger charge is -2.13. The maximum Gasteiger partial charge on any atom is 0.122 e. The van der Waals surface area contributed by atoms with Crippen LogP contribution in [0.2, 0.25) is 5.02 Å². The molecule has 0 radical (unpaired) electrons. The summed E-state index contributed by atoms with van der Waals surface area (Å²) in [6, 6.07) is 5.68. The average Bonchev–Trinajstić information content (AvgIpc) is 2.17. The molecule has 0 unspecified atom stereocenters. The average molecular weight is 228 g/mol. The Kier molecular flexibility index (Phi) is 4.92. The molecule has 0 amide bonds. The van der Waals surface area contributed by atoms with Crippen LogP contribution in [-0.2, 0) is 6.42 Å². The third-order valence-corrected chi connectivity index (χ3v) is 2.24. The number of ether oxygens (including phenoxy) is 1. The molecule has 0 heterocycles. The first-order chi connectivity index (χ1) is 7.13. The largest absolute Gasteiger partial charge is 0.493 e. The van der Waals surface area contributed by atoms with Crippen LogP contribution in [0.25, 0.3) is 0 Å². The van der Waals surface area contributed by atoms with E-state index in [9.17, 15) is 0 Å². The SMILES string of the molecule is CC(C)COc1ccc(Cl)cc1CCN. The Morgan fingerprint density at radius 3 is 2.73 bits per heavy atom. The van der Waals surface area contributed by atoms with Crippen LogP contribution in [0.1, 0.15) is 19.4 Å². The minimum atomic E-state index is 0.520. The van der Waals surface area contributed by atoms with Gasteiger partial charge in [0.1, 0.15) is 5.75 Å². The van der Waals surface area contributed by atoms with E-state index in [2.05, 4.69) is 13.8 Å². The van der Waals surface area contributed by atoms with Crippen molar-refractivity contribution in [3.63, 3.8) is 0 Å². The lowest BCUT2D eigenvalue weighted by molar-refractivity contribution is 0.268. The van der Waals surface area contributed by atoms with Crippen molar-refractivity contribution in [1.82, 2.24) is 0 Å². The summed E-state index contributed by atoms with van der Waals surface area (Å²) in [6.45, 7) is 5.58. The lowest BCUT2D eigenvalue weighted by atomic mass is 10.1. The summed E-state index contributed by atoms with van der Waals surface area (Å²) in [7, 11) is 0. The number of hydrogen-bond donors (Lipinski definition) is 1. The Balaban J connectivity index is 2.76. The molecule has 0 aliphatic carbocycles. The molecule has 1 rings (SSSR count). The van der Waals surface area contributed by atoms with E-state index >= 15 is 0 Å². The molecular formula is C12H18ClNO. The fraction of sp³-hybridized carbons (Fsp3) is 0.500. The molecule has 15 heavy (non-hydrogen) atoms. The fourth-order valence-electron chi connectivity index (χ4n) is 1.30. The Hall–Kier alpha value is -0.730. The summed E-state index contributed by atoms with van der Waals surface area (Å²) in [5.41, 5.74) is 6.63. The molecule has 0 spiro atoms. The van der Waals surface area contributed by atoms with E-state index in [1.807, 2.05) is 18.2 Å². The van der Waals surface area contributed by atoms with E-state index in [1.165, 1.54) is 0 Å². The highest BCUT2D eigenvalue weighted by Gasteiger charge is 2.05. The number of halogens is 1. The zero-order chi connectivity index (χ0) is 11.3. The molecule has 0 saturated carbocycles. The quantitative estimate of drug-likeness (QED) is 0.840. The Labute approximate surface area is 96.4 Å². The minimum Gasteiger partial charge on any atom is -0.493 e. The van der Waals surface area contributed by atoms with Crippen LogP contribution in [0.5, 0.6) is 5.75 Å². The van der Waals surface area contributed by atoms with Gasteiger partial charge in [0.15, 0.2) is 0 Å². The van der Waals surface area contributed by atoms with Gasteiger partial charge < -0.3 is 10.5 Å². The van der Waals surface area contributed by atoms with Gasteiger partial charge in [0.05, 0.1) is 6.61 Å². The summed E-state index contributed by atoms with van der Waals surface area (Å²) in [4.78, 5) is 0. The predicted octanol–water partition coefficient (Wildman–Crippen LogP) is 2.88. The molecule has 2 N–H and O–H groups in total. The van der Waals surface area contributed by atoms with Crippen LogP contribution in [0.3, 0.4) is 0 Å². The molecule has 0 aliphatic rings. The lowest BCUT2D eigenvalue weighted by Crippen LogP contribution is -2.08. The molecule has 1 aromatic carbocycles. The van der Waals surface area contributed by atoms with E-state index in [0.29, 0.717) is 12.5 Å². The Morgan fingerprint density at radius 1 is 1.40 bits per heavy atom. The van der Waals surface area contributed by atoms with Crippen molar-refractivity contribution in [2.24, 2.45) is 11.7 Å². The molecule has 1 aromatic rings. The molecular weight excluding hydrogens is 210 g/mol. The molecule has 0 aliphatic heterocycles. The van der Waals surface area contributed by atoms with Gasteiger partial charge in [0.2, 0.25) is 0 Å². The van der Waals surface area contributed by atoms with Crippen molar-refractivity contribution in [3.05, 3.63) is 28.8 Å². The molecule has 0 bridgehead atoms. The van der Waals surface area contributed by atoms with E-state index in [1.54, 1.807) is 0 Å². The van der Waals surface area contributed by atoms with E-state index in [-0.39, 0.29) is 0 Å². The molecule has 0 atom stereocenters. The molecule has 84 valence electrons. The molecule has 0 saturated heterocycles. The van der Waals surface area contributed by atoms with E-state index < -0.39 is 0 Å². The Morgan fingerprint density at radius 2 is 2.13 bits per heavy atom. The second-order valence-corrected chi connectivity index (χ2v) is 4.43. The first kappa shape index (κ1) is 12.3. The number of hydrogen-bond acceptors (Lipinski definition) is 2. The monoisotopic (exact) mass is 227 g/mol. The van der Waals surface area contributed by atoms with Gasteiger partial charge >= 0.3 is 0 Å². The zero-order valence-electron chi connectivity index (χ0n) is 9.29. The molecule has 3 heteroatoms. The van der Waals surface area contributed by atoms with Crippen molar-refractivity contribution >= 4 is 11.6 Å². The van der Waals surface area contributed by atoms with Gasteiger partial charge in [-0.15, -0.1) is 0 Å². The van der Waals surface area contributed by atoms with Crippen molar-refractivity contribution in [2.75, 3.05) is 13.2 Å². The maximum absolute atomic E-state index is 5.92. The van der Waals surface area contributed by atoms with Crippen molar-refractivity contribution in [2.45, 2.75) is 20.3 Å². The minimum absolute atomic E-state index is 0.520. The van der Waals surface area contributed by atoms with Gasteiger partial charge in [0, 0.05) is 5.02 Å². The first-order valence-electron chi connectivity index (χ1n) is 5.24. The van der Waals surface area contributed by atoms with Gasteiger partial charge in [-0.25, -0.2) is 0 Å². The summed E-state index contributed by atoms with van der Waals surface area (Å²) >= 11 is 5.92. The molecule has 2 nitrogen and oxygen atoms in total. The van der Waals surface area contributed by atoms with Crippen LogP contribution in [0.4, 0.5) is 0 Å². The summed E-state index contributed by atoms with van der Waals surface area (Å²) < 4.78 is 5.69. The van der Waals surface area contributed by atoms with Gasteiger partial charge in [-0.1, -0.05) is 25.4 Å². The van der Waals surface area contributed by atoms with E-state index in [0.717, 1.165) is 29.4 Å². The zero-order valence-corrected chi connectivity index (χ0v) is 10.1. The highest BCUT2D eigenvalue weighted by atomic mass is 35.5.